The van der Waals surface area contributed by atoms with E-state index in [4.69, 9.17) is 4.74 Å². The van der Waals surface area contributed by atoms with Crippen molar-refractivity contribution < 1.29 is 29.1 Å². The van der Waals surface area contributed by atoms with E-state index in [0.717, 1.165) is 7.11 Å². The summed E-state index contributed by atoms with van der Waals surface area (Å²) in [5.41, 5.74) is -0.326. The Morgan fingerprint density at radius 1 is 1.37 bits per heavy atom. The second kappa shape index (κ2) is 9.12. The van der Waals surface area contributed by atoms with Crippen LogP contribution in [0.5, 0.6) is 0 Å². The molecule has 1 saturated heterocycles. The number of carbonyl (C=O) groups is 2. The van der Waals surface area contributed by atoms with Crippen LogP contribution in [0.15, 0.2) is 18.7 Å². The number of carbonyl (C=O) groups excluding carboxylic acids is 2. The zero-order valence-electron chi connectivity index (χ0n) is 17.6. The number of piperazine rings is 1. The number of benzene rings is 1. The van der Waals surface area contributed by atoms with E-state index in [9.17, 15) is 24.8 Å². The number of anilines is 1. The van der Waals surface area contributed by atoms with Gasteiger partial charge in [-0.15, -0.1) is 0 Å². The second-order valence-electron chi connectivity index (χ2n) is 7.84. The van der Waals surface area contributed by atoms with E-state index in [1.165, 1.54) is 23.1 Å². The third-order valence-corrected chi connectivity index (χ3v) is 4.62. The van der Waals surface area contributed by atoms with Crippen LogP contribution in [0.1, 0.15) is 36.7 Å². The molecule has 0 aromatic heterocycles. The highest BCUT2D eigenvalue weighted by Gasteiger charge is 2.34. The summed E-state index contributed by atoms with van der Waals surface area (Å²) >= 11 is 0. The molecular weight excluding hydrogens is 394 g/mol. The predicted molar refractivity (Wildman–Crippen MR) is 111 cm³/mol. The van der Waals surface area contributed by atoms with Crippen molar-refractivity contribution in [2.45, 2.75) is 32.4 Å². The molecule has 1 unspecified atom stereocenters. The lowest BCUT2D eigenvalue weighted by atomic mass is 10.0. The van der Waals surface area contributed by atoms with Gasteiger partial charge in [0.2, 0.25) is 0 Å². The maximum absolute atomic E-state index is 12.4. The van der Waals surface area contributed by atoms with E-state index in [2.05, 4.69) is 11.3 Å². The molecule has 1 aliphatic heterocycles. The molecule has 2 rings (SSSR count). The van der Waals surface area contributed by atoms with Crippen LogP contribution in [0.25, 0.3) is 6.08 Å². The summed E-state index contributed by atoms with van der Waals surface area (Å²) in [6, 6.07) is 2.12. The molecule has 10 heteroatoms. The number of methoxy groups -OCH3 is 1. The second-order valence-corrected chi connectivity index (χ2v) is 7.84. The van der Waals surface area contributed by atoms with E-state index in [1.807, 2.05) is 0 Å². The third-order valence-electron chi connectivity index (χ3n) is 4.62. The van der Waals surface area contributed by atoms with E-state index in [1.54, 1.807) is 25.7 Å². The number of amides is 1. The highest BCUT2D eigenvalue weighted by molar-refractivity contribution is 5.96. The first-order valence-electron chi connectivity index (χ1n) is 9.41. The number of aliphatic hydroxyl groups is 1. The van der Waals surface area contributed by atoms with E-state index in [0.29, 0.717) is 24.3 Å². The number of nitro benzene ring substituents is 1. The Bertz CT molecular complexity index is 848. The number of aliphatic hydroxyl groups excluding tert-OH is 1. The Kier molecular flexibility index (Phi) is 7.04. The molecule has 1 heterocycles. The molecule has 1 N–H and O–H groups in total. The minimum absolute atomic E-state index is 0.187. The lowest BCUT2D eigenvalue weighted by molar-refractivity contribution is -0.385. The molecule has 1 atom stereocenters. The maximum atomic E-state index is 12.4. The van der Waals surface area contributed by atoms with Gasteiger partial charge in [0.15, 0.2) is 0 Å². The molecule has 0 bridgehead atoms. The lowest BCUT2D eigenvalue weighted by Crippen LogP contribution is -2.57. The third kappa shape index (κ3) is 5.07. The monoisotopic (exact) mass is 421 g/mol. The van der Waals surface area contributed by atoms with Gasteiger partial charge in [0.1, 0.15) is 11.2 Å². The average molecular weight is 421 g/mol. The van der Waals surface area contributed by atoms with Crippen LogP contribution in [0.2, 0.25) is 0 Å². The molecule has 1 aliphatic rings. The van der Waals surface area contributed by atoms with Crippen LogP contribution in [0.3, 0.4) is 0 Å². The Morgan fingerprint density at radius 2 is 2.03 bits per heavy atom. The van der Waals surface area contributed by atoms with Gasteiger partial charge in [-0.2, -0.15) is 0 Å². The van der Waals surface area contributed by atoms with Crippen molar-refractivity contribution in [1.29, 1.82) is 0 Å². The quantitative estimate of drug-likeness (QED) is 0.437. The Balaban J connectivity index is 2.40. The SMILES string of the molecule is C=Cc1cc([N+](=O)[O-])c(C(=O)OC)cc1N1CCN(C(=O)OC(C)(C)C)CC1CO. The normalized spacial score (nSPS) is 16.8. The van der Waals surface area contributed by atoms with Gasteiger partial charge < -0.3 is 24.4 Å². The van der Waals surface area contributed by atoms with Crippen molar-refractivity contribution in [1.82, 2.24) is 4.90 Å². The van der Waals surface area contributed by atoms with Crippen LogP contribution in [-0.2, 0) is 9.47 Å². The smallest absolute Gasteiger partial charge is 0.410 e. The molecule has 0 spiro atoms. The van der Waals surface area contributed by atoms with E-state index < -0.39 is 34.3 Å². The number of nitrogens with zero attached hydrogens (tertiary/aromatic N) is 3. The van der Waals surface area contributed by atoms with Crippen molar-refractivity contribution in [2.75, 3.05) is 38.3 Å². The molecule has 0 saturated carbocycles. The summed E-state index contributed by atoms with van der Waals surface area (Å²) in [6.07, 6.45) is 0.960. The first-order valence-corrected chi connectivity index (χ1v) is 9.41. The van der Waals surface area contributed by atoms with Gasteiger partial charge in [-0.1, -0.05) is 12.7 Å². The van der Waals surface area contributed by atoms with Crippen molar-refractivity contribution in [3.05, 3.63) is 40.0 Å². The summed E-state index contributed by atoms with van der Waals surface area (Å²) in [4.78, 5) is 38.5. The topological polar surface area (TPSA) is 122 Å². The highest BCUT2D eigenvalue weighted by Crippen LogP contribution is 2.33. The summed E-state index contributed by atoms with van der Waals surface area (Å²) in [7, 11) is 1.14. The van der Waals surface area contributed by atoms with E-state index in [-0.39, 0.29) is 18.7 Å². The molecular formula is C20H27N3O7. The summed E-state index contributed by atoms with van der Waals surface area (Å²) in [6.45, 7) is 9.56. The summed E-state index contributed by atoms with van der Waals surface area (Å²) < 4.78 is 10.1. The first-order chi connectivity index (χ1) is 14.0. The molecule has 1 aromatic carbocycles. The first kappa shape index (κ1) is 23.1. The minimum Gasteiger partial charge on any atom is -0.465 e. The van der Waals surface area contributed by atoms with Crippen LogP contribution in [0.4, 0.5) is 16.2 Å². The molecule has 10 nitrogen and oxygen atoms in total. The van der Waals surface area contributed by atoms with Gasteiger partial charge in [0.25, 0.3) is 5.69 Å². The van der Waals surface area contributed by atoms with Gasteiger partial charge in [-0.25, -0.2) is 9.59 Å². The molecule has 1 amide bonds. The number of rotatable bonds is 5. The molecule has 0 radical (unpaired) electrons. The van der Waals surface area contributed by atoms with Crippen LogP contribution in [0, 0.1) is 10.1 Å². The van der Waals surface area contributed by atoms with Gasteiger partial charge in [0, 0.05) is 37.0 Å². The van der Waals surface area contributed by atoms with Crippen molar-refractivity contribution in [3.63, 3.8) is 0 Å². The number of hydrogen-bond donors (Lipinski definition) is 1. The lowest BCUT2D eigenvalue weighted by Gasteiger charge is -2.42. The number of hydrogen-bond acceptors (Lipinski definition) is 8. The maximum Gasteiger partial charge on any atom is 0.410 e. The largest absolute Gasteiger partial charge is 0.465 e. The summed E-state index contributed by atoms with van der Waals surface area (Å²) in [5, 5.41) is 21.3. The van der Waals surface area contributed by atoms with Crippen LogP contribution in [-0.4, -0.2) is 72.0 Å². The Labute approximate surface area is 174 Å². The fraction of sp³-hybridized carbons (Fsp3) is 0.500. The standard InChI is InChI=1S/C20H27N3O7/c1-6-13-9-17(23(27)28)15(18(25)29-5)10-16(13)22-8-7-21(11-14(22)12-24)19(26)30-20(2,3)4/h6,9-10,14,24H,1,7-8,11-12H2,2-5H3. The predicted octanol–water partition coefficient (Wildman–Crippen LogP) is 2.44. The molecule has 0 aliphatic carbocycles. The number of nitro groups is 1. The Morgan fingerprint density at radius 3 is 2.53 bits per heavy atom. The summed E-state index contributed by atoms with van der Waals surface area (Å²) in [5.74, 6) is -0.841. The molecule has 30 heavy (non-hydrogen) atoms. The fourth-order valence-corrected chi connectivity index (χ4v) is 3.25. The van der Waals surface area contributed by atoms with Crippen LogP contribution < -0.4 is 4.90 Å². The fourth-order valence-electron chi connectivity index (χ4n) is 3.25. The van der Waals surface area contributed by atoms with E-state index >= 15 is 0 Å². The van der Waals surface area contributed by atoms with Crippen LogP contribution >= 0.6 is 0 Å². The van der Waals surface area contributed by atoms with Gasteiger partial charge in [-0.3, -0.25) is 10.1 Å². The highest BCUT2D eigenvalue weighted by atomic mass is 16.6. The van der Waals surface area contributed by atoms with Crippen molar-refractivity contribution >= 4 is 29.5 Å². The number of ether oxygens (including phenoxy) is 2. The van der Waals surface area contributed by atoms with Gasteiger partial charge in [0.05, 0.1) is 24.7 Å². The van der Waals surface area contributed by atoms with Crippen molar-refractivity contribution in [3.8, 4) is 0 Å². The minimum atomic E-state index is -0.841. The molecule has 1 aromatic rings. The zero-order chi connectivity index (χ0) is 22.6. The van der Waals surface area contributed by atoms with Gasteiger partial charge >= 0.3 is 12.1 Å². The molecule has 164 valence electrons. The molecule has 1 fully saturated rings. The van der Waals surface area contributed by atoms with Gasteiger partial charge in [-0.05, 0) is 26.8 Å². The van der Waals surface area contributed by atoms with Crippen molar-refractivity contribution in [2.24, 2.45) is 0 Å². The average Bonchev–Trinajstić information content (AvgIpc) is 2.70. The zero-order valence-corrected chi connectivity index (χ0v) is 17.6. The Hall–Kier alpha value is -3.14. The number of esters is 1.